The van der Waals surface area contributed by atoms with Gasteiger partial charge in [0.2, 0.25) is 0 Å². The third-order valence-electron chi connectivity index (χ3n) is 1.97. The van der Waals surface area contributed by atoms with Gasteiger partial charge in [-0.3, -0.25) is 0 Å². The zero-order valence-electron chi connectivity index (χ0n) is 9.01. The highest BCUT2D eigenvalue weighted by Crippen LogP contribution is 2.33. The van der Waals surface area contributed by atoms with Gasteiger partial charge in [0.1, 0.15) is 17.0 Å². The number of aromatic nitrogens is 2. The van der Waals surface area contributed by atoms with Crippen LogP contribution in [0.2, 0.25) is 0 Å². The van der Waals surface area contributed by atoms with E-state index in [9.17, 15) is 18.0 Å². The van der Waals surface area contributed by atoms with Crippen molar-refractivity contribution in [3.63, 3.8) is 0 Å². The summed E-state index contributed by atoms with van der Waals surface area (Å²) >= 11 is 0.610. The van der Waals surface area contributed by atoms with Gasteiger partial charge in [-0.25, -0.2) is 14.8 Å². The topological polar surface area (TPSA) is 76.2 Å². The lowest BCUT2D eigenvalue weighted by molar-refractivity contribution is -0.141. The highest BCUT2D eigenvalue weighted by molar-refractivity contribution is 7.99. The molecule has 0 saturated carbocycles. The minimum atomic E-state index is -4.65. The van der Waals surface area contributed by atoms with Gasteiger partial charge in [0.25, 0.3) is 5.22 Å². The monoisotopic (exact) mass is 290 g/mol. The summed E-state index contributed by atoms with van der Waals surface area (Å²) in [6, 6.07) is 1.46. The van der Waals surface area contributed by atoms with Crippen LogP contribution in [0, 0.1) is 0 Å². The Hall–Kier alpha value is -2.03. The van der Waals surface area contributed by atoms with E-state index in [1.165, 1.54) is 12.5 Å². The molecule has 0 amide bonds. The van der Waals surface area contributed by atoms with E-state index in [1.807, 2.05) is 0 Å². The maximum absolute atomic E-state index is 12.5. The van der Waals surface area contributed by atoms with Crippen molar-refractivity contribution in [2.24, 2.45) is 0 Å². The number of hydrogen-bond acceptors (Lipinski definition) is 5. The van der Waals surface area contributed by atoms with E-state index in [0.29, 0.717) is 17.8 Å². The molecule has 0 saturated heterocycles. The SMILES string of the molecule is O=C(O)c1ccc(C(F)(F)F)nc1Sc1ncco1. The molecule has 19 heavy (non-hydrogen) atoms. The van der Waals surface area contributed by atoms with Crippen LogP contribution < -0.4 is 0 Å². The van der Waals surface area contributed by atoms with E-state index < -0.39 is 17.8 Å². The van der Waals surface area contributed by atoms with Gasteiger partial charge in [0.15, 0.2) is 0 Å². The third-order valence-corrected chi connectivity index (χ3v) is 2.86. The molecule has 5 nitrogen and oxygen atoms in total. The fourth-order valence-corrected chi connectivity index (χ4v) is 1.97. The van der Waals surface area contributed by atoms with E-state index in [2.05, 4.69) is 9.97 Å². The predicted molar refractivity (Wildman–Crippen MR) is 56.8 cm³/mol. The molecule has 9 heteroatoms. The fraction of sp³-hybridized carbons (Fsp3) is 0.100. The van der Waals surface area contributed by atoms with Crippen molar-refractivity contribution in [2.75, 3.05) is 0 Å². The second-order valence-corrected chi connectivity index (χ2v) is 4.19. The summed E-state index contributed by atoms with van der Waals surface area (Å²) in [5, 5.41) is 8.58. The Morgan fingerprint density at radius 3 is 2.63 bits per heavy atom. The minimum Gasteiger partial charge on any atom is -0.478 e. The quantitative estimate of drug-likeness (QED) is 0.936. The lowest BCUT2D eigenvalue weighted by Gasteiger charge is -2.08. The minimum absolute atomic E-state index is 0.00863. The fourth-order valence-electron chi connectivity index (χ4n) is 1.18. The number of carboxylic acid groups (broad SMARTS) is 1. The Kier molecular flexibility index (Phi) is 3.47. The van der Waals surface area contributed by atoms with Crippen LogP contribution in [0.5, 0.6) is 0 Å². The number of hydrogen-bond donors (Lipinski definition) is 1. The summed E-state index contributed by atoms with van der Waals surface area (Å²) in [5.74, 6) is -1.38. The first-order valence-electron chi connectivity index (χ1n) is 4.77. The zero-order valence-corrected chi connectivity index (χ0v) is 9.83. The molecule has 0 aliphatic heterocycles. The van der Waals surface area contributed by atoms with Crippen LogP contribution in [0.15, 0.2) is 39.3 Å². The summed E-state index contributed by atoms with van der Waals surface area (Å²) < 4.78 is 42.4. The molecule has 1 N–H and O–H groups in total. The molecule has 0 spiro atoms. The molecule has 0 atom stereocenters. The molecule has 0 fully saturated rings. The summed E-state index contributed by atoms with van der Waals surface area (Å²) in [5.41, 5.74) is -1.53. The molecule has 0 aliphatic carbocycles. The van der Waals surface area contributed by atoms with E-state index >= 15 is 0 Å². The van der Waals surface area contributed by atoms with Gasteiger partial charge in [-0.15, -0.1) is 0 Å². The Labute approximate surface area is 108 Å². The van der Waals surface area contributed by atoms with Gasteiger partial charge in [0, 0.05) is 0 Å². The molecule has 0 aromatic carbocycles. The number of carbonyl (C=O) groups is 1. The number of halogens is 3. The standard InChI is InChI=1S/C10H5F3N2O3S/c11-10(12,13)6-2-1-5(8(16)17)7(15-6)19-9-14-3-4-18-9/h1-4H,(H,16,17). The van der Waals surface area contributed by atoms with Crippen LogP contribution in [-0.2, 0) is 6.18 Å². The number of aromatic carboxylic acids is 1. The number of carboxylic acids is 1. The Morgan fingerprint density at radius 2 is 2.11 bits per heavy atom. The lowest BCUT2D eigenvalue weighted by atomic mass is 10.2. The summed E-state index contributed by atoms with van der Waals surface area (Å²) in [6.07, 6.45) is -2.14. The van der Waals surface area contributed by atoms with Gasteiger partial charge in [-0.05, 0) is 23.9 Å². The highest BCUT2D eigenvalue weighted by Gasteiger charge is 2.33. The normalized spacial score (nSPS) is 11.5. The van der Waals surface area contributed by atoms with Crippen molar-refractivity contribution < 1.29 is 27.5 Å². The number of rotatable bonds is 3. The van der Waals surface area contributed by atoms with Crippen molar-refractivity contribution in [1.82, 2.24) is 9.97 Å². The number of nitrogens with zero attached hydrogens (tertiary/aromatic N) is 2. The number of alkyl halides is 3. The van der Waals surface area contributed by atoms with Crippen LogP contribution in [0.25, 0.3) is 0 Å². The van der Waals surface area contributed by atoms with Crippen molar-refractivity contribution in [1.29, 1.82) is 0 Å². The van der Waals surface area contributed by atoms with Gasteiger partial charge in [-0.1, -0.05) is 0 Å². The van der Waals surface area contributed by atoms with Gasteiger partial charge < -0.3 is 9.52 Å². The first kappa shape index (κ1) is 13.4. The van der Waals surface area contributed by atoms with Crippen molar-refractivity contribution in [2.45, 2.75) is 16.4 Å². The zero-order chi connectivity index (χ0) is 14.0. The molecule has 0 bridgehead atoms. The van der Waals surface area contributed by atoms with Crippen molar-refractivity contribution in [3.8, 4) is 0 Å². The first-order chi connectivity index (χ1) is 8.88. The van der Waals surface area contributed by atoms with Gasteiger partial charge >= 0.3 is 12.1 Å². The van der Waals surface area contributed by atoms with Crippen LogP contribution in [0.4, 0.5) is 13.2 Å². The average molecular weight is 290 g/mol. The Bertz CT molecular complexity index is 599. The van der Waals surface area contributed by atoms with Crippen molar-refractivity contribution in [3.05, 3.63) is 35.9 Å². The van der Waals surface area contributed by atoms with Crippen molar-refractivity contribution >= 4 is 17.7 Å². The Morgan fingerprint density at radius 1 is 1.37 bits per heavy atom. The second-order valence-electron chi connectivity index (χ2n) is 3.25. The maximum Gasteiger partial charge on any atom is 0.433 e. The van der Waals surface area contributed by atoms with Crippen LogP contribution in [0.3, 0.4) is 0 Å². The van der Waals surface area contributed by atoms with E-state index in [4.69, 9.17) is 9.52 Å². The van der Waals surface area contributed by atoms with Crippen LogP contribution in [0.1, 0.15) is 16.1 Å². The number of pyridine rings is 1. The van der Waals surface area contributed by atoms with E-state index in [0.717, 1.165) is 6.07 Å². The molecule has 2 rings (SSSR count). The smallest absolute Gasteiger partial charge is 0.433 e. The molecule has 0 unspecified atom stereocenters. The summed E-state index contributed by atoms with van der Waals surface area (Å²) in [7, 11) is 0. The molecule has 0 aliphatic rings. The maximum atomic E-state index is 12.5. The average Bonchev–Trinajstić information content (AvgIpc) is 2.80. The number of oxazole rings is 1. The summed E-state index contributed by atoms with van der Waals surface area (Å²) in [6.45, 7) is 0. The molecule has 100 valence electrons. The molecular formula is C10H5F3N2O3S. The largest absolute Gasteiger partial charge is 0.478 e. The summed E-state index contributed by atoms with van der Waals surface area (Å²) in [4.78, 5) is 17.9. The first-order valence-corrected chi connectivity index (χ1v) is 5.58. The van der Waals surface area contributed by atoms with Crippen LogP contribution >= 0.6 is 11.8 Å². The van der Waals surface area contributed by atoms with Gasteiger partial charge in [-0.2, -0.15) is 13.2 Å². The van der Waals surface area contributed by atoms with Gasteiger partial charge in [0.05, 0.1) is 11.8 Å². The molecule has 0 radical (unpaired) electrons. The molecule has 2 aromatic rings. The van der Waals surface area contributed by atoms with E-state index in [-0.39, 0.29) is 15.8 Å². The molecular weight excluding hydrogens is 285 g/mol. The predicted octanol–water partition coefficient (Wildman–Crippen LogP) is 2.94. The molecule has 2 heterocycles. The molecule has 2 aromatic heterocycles. The third kappa shape index (κ3) is 3.05. The second kappa shape index (κ2) is 4.92. The lowest BCUT2D eigenvalue weighted by Crippen LogP contribution is -2.11. The van der Waals surface area contributed by atoms with Crippen LogP contribution in [-0.4, -0.2) is 21.0 Å². The highest BCUT2D eigenvalue weighted by atomic mass is 32.2. The Balaban J connectivity index is 2.45. The van der Waals surface area contributed by atoms with E-state index in [1.54, 1.807) is 0 Å².